The molecule has 0 spiro atoms. The number of amidine groups is 1. The molecule has 0 saturated heterocycles. The Bertz CT molecular complexity index is 436. The van der Waals surface area contributed by atoms with Crippen molar-refractivity contribution in [2.45, 2.75) is 19.6 Å². The topological polar surface area (TPSA) is 74.7 Å². The number of halogens is 3. The van der Waals surface area contributed by atoms with Crippen LogP contribution in [0.2, 0.25) is 0 Å². The summed E-state index contributed by atoms with van der Waals surface area (Å²) in [7, 11) is 0. The summed E-state index contributed by atoms with van der Waals surface area (Å²) in [6.45, 7) is 2.01. The van der Waals surface area contributed by atoms with Crippen LogP contribution < -0.4 is 5.73 Å². The second kappa shape index (κ2) is 7.09. The smallest absolute Gasteiger partial charge is 0.400 e. The zero-order valence-electron chi connectivity index (χ0n) is 11.0. The molecular weight excluding hydrogens is 273 g/mol. The van der Waals surface area contributed by atoms with E-state index in [-0.39, 0.29) is 13.1 Å². The molecule has 0 aliphatic heterocycles. The molecule has 0 radical (unpaired) electrons. The normalized spacial score (nSPS) is 14.6. The third kappa shape index (κ3) is 4.69. The molecule has 0 fully saturated rings. The van der Waals surface area contributed by atoms with Crippen molar-refractivity contribution in [3.05, 3.63) is 30.1 Å². The van der Waals surface area contributed by atoms with Gasteiger partial charge < -0.3 is 10.9 Å². The van der Waals surface area contributed by atoms with E-state index in [2.05, 4.69) is 10.1 Å². The molecule has 1 aromatic heterocycles. The van der Waals surface area contributed by atoms with Crippen LogP contribution in [0.1, 0.15) is 12.6 Å². The van der Waals surface area contributed by atoms with E-state index in [1.807, 2.05) is 0 Å². The van der Waals surface area contributed by atoms with E-state index in [1.165, 1.54) is 0 Å². The van der Waals surface area contributed by atoms with Crippen molar-refractivity contribution in [3.63, 3.8) is 0 Å². The highest BCUT2D eigenvalue weighted by atomic mass is 19.4. The van der Waals surface area contributed by atoms with Crippen molar-refractivity contribution in [2.75, 3.05) is 13.1 Å². The van der Waals surface area contributed by atoms with Crippen LogP contribution in [0.4, 0.5) is 13.2 Å². The van der Waals surface area contributed by atoms with Crippen molar-refractivity contribution in [1.29, 1.82) is 0 Å². The van der Waals surface area contributed by atoms with Gasteiger partial charge in [0.15, 0.2) is 5.84 Å². The summed E-state index contributed by atoms with van der Waals surface area (Å²) in [5.74, 6) is -2.84. The number of hydrogen-bond donors (Lipinski definition) is 2. The predicted molar refractivity (Wildman–Crippen MR) is 68.1 cm³/mol. The number of pyridine rings is 1. The Morgan fingerprint density at radius 1 is 1.50 bits per heavy atom. The molecule has 3 N–H and O–H groups in total. The lowest BCUT2D eigenvalue weighted by atomic mass is 10.1. The summed E-state index contributed by atoms with van der Waals surface area (Å²) in [6, 6.07) is 5.23. The quantitative estimate of drug-likeness (QED) is 0.363. The lowest BCUT2D eigenvalue weighted by Crippen LogP contribution is -2.44. The van der Waals surface area contributed by atoms with Gasteiger partial charge in [-0.15, -0.1) is 0 Å². The molecule has 1 atom stereocenters. The lowest BCUT2D eigenvalue weighted by Gasteiger charge is -2.26. The highest BCUT2D eigenvalue weighted by Crippen LogP contribution is 2.27. The molecule has 0 aromatic carbocycles. The number of hydrogen-bond acceptors (Lipinski definition) is 4. The van der Waals surface area contributed by atoms with Gasteiger partial charge in [0.1, 0.15) is 5.92 Å². The molecule has 0 amide bonds. The first-order valence-electron chi connectivity index (χ1n) is 6.04. The van der Waals surface area contributed by atoms with E-state index in [4.69, 9.17) is 10.9 Å². The summed E-state index contributed by atoms with van der Waals surface area (Å²) < 4.78 is 38.6. The van der Waals surface area contributed by atoms with E-state index >= 15 is 0 Å². The molecule has 20 heavy (non-hydrogen) atoms. The van der Waals surface area contributed by atoms with Crippen LogP contribution in [-0.2, 0) is 6.54 Å². The van der Waals surface area contributed by atoms with Crippen LogP contribution in [0.25, 0.3) is 0 Å². The van der Waals surface area contributed by atoms with Crippen molar-refractivity contribution >= 4 is 5.84 Å². The van der Waals surface area contributed by atoms with E-state index in [9.17, 15) is 13.2 Å². The third-order valence-electron chi connectivity index (χ3n) is 2.87. The molecular formula is C12H17F3N4O. The molecule has 8 heteroatoms. The summed E-state index contributed by atoms with van der Waals surface area (Å²) in [5, 5.41) is 11.0. The fraction of sp³-hybridized carbons (Fsp3) is 0.500. The standard InChI is InChI=1S/C12H17F3N4O/c1-2-19(7-9-5-3-4-6-17-9)8-10(11(16)18-20)12(13,14)15/h3-6,10,20H,2,7-8H2,1H3,(H2,16,18). The van der Waals surface area contributed by atoms with Crippen LogP contribution in [0, 0.1) is 5.92 Å². The fourth-order valence-electron chi connectivity index (χ4n) is 1.72. The number of nitrogens with zero attached hydrogens (tertiary/aromatic N) is 3. The zero-order valence-corrected chi connectivity index (χ0v) is 11.0. The summed E-state index contributed by atoms with van der Waals surface area (Å²) in [6.07, 6.45) is -2.98. The van der Waals surface area contributed by atoms with Crippen molar-refractivity contribution in [2.24, 2.45) is 16.8 Å². The average molecular weight is 290 g/mol. The molecule has 1 unspecified atom stereocenters. The van der Waals surface area contributed by atoms with Gasteiger partial charge in [-0.2, -0.15) is 13.2 Å². The van der Waals surface area contributed by atoms with Crippen LogP contribution in [-0.4, -0.2) is 40.2 Å². The summed E-state index contributed by atoms with van der Waals surface area (Å²) in [4.78, 5) is 5.61. The number of rotatable bonds is 6. The zero-order chi connectivity index (χ0) is 15.2. The Balaban J connectivity index is 2.79. The van der Waals surface area contributed by atoms with Gasteiger partial charge in [0.05, 0.1) is 5.69 Å². The minimum Gasteiger partial charge on any atom is -0.409 e. The Morgan fingerprint density at radius 3 is 2.65 bits per heavy atom. The lowest BCUT2D eigenvalue weighted by molar-refractivity contribution is -0.160. The minimum atomic E-state index is -4.56. The van der Waals surface area contributed by atoms with Gasteiger partial charge in [0.2, 0.25) is 0 Å². The van der Waals surface area contributed by atoms with Crippen LogP contribution in [0.5, 0.6) is 0 Å². The van der Waals surface area contributed by atoms with Gasteiger partial charge in [0.25, 0.3) is 0 Å². The molecule has 1 heterocycles. The van der Waals surface area contributed by atoms with Crippen LogP contribution >= 0.6 is 0 Å². The Kier molecular flexibility index (Phi) is 5.75. The maximum Gasteiger partial charge on any atom is 0.400 e. The first-order chi connectivity index (χ1) is 9.38. The molecule has 0 bridgehead atoms. The second-order valence-corrected chi connectivity index (χ2v) is 4.27. The van der Waals surface area contributed by atoms with Gasteiger partial charge >= 0.3 is 6.18 Å². The largest absolute Gasteiger partial charge is 0.409 e. The summed E-state index contributed by atoms with van der Waals surface area (Å²) in [5.41, 5.74) is 5.80. The minimum absolute atomic E-state index is 0.266. The number of oxime groups is 1. The van der Waals surface area contributed by atoms with E-state index in [0.717, 1.165) is 0 Å². The second-order valence-electron chi connectivity index (χ2n) is 4.27. The van der Waals surface area contributed by atoms with Gasteiger partial charge in [-0.3, -0.25) is 9.88 Å². The Hall–Kier alpha value is -1.83. The third-order valence-corrected chi connectivity index (χ3v) is 2.87. The van der Waals surface area contributed by atoms with Crippen LogP contribution in [0.3, 0.4) is 0 Å². The molecule has 1 aromatic rings. The molecule has 0 aliphatic rings. The van der Waals surface area contributed by atoms with Gasteiger partial charge in [0, 0.05) is 19.3 Å². The maximum atomic E-state index is 12.9. The van der Waals surface area contributed by atoms with Crippen molar-refractivity contribution < 1.29 is 18.4 Å². The Labute approximate surface area is 114 Å². The highest BCUT2D eigenvalue weighted by molar-refractivity contribution is 5.83. The maximum absolute atomic E-state index is 12.9. The average Bonchev–Trinajstić information content (AvgIpc) is 2.42. The number of alkyl halides is 3. The van der Waals surface area contributed by atoms with E-state index < -0.39 is 17.9 Å². The van der Waals surface area contributed by atoms with Crippen molar-refractivity contribution in [1.82, 2.24) is 9.88 Å². The summed E-state index contributed by atoms with van der Waals surface area (Å²) >= 11 is 0. The molecule has 5 nitrogen and oxygen atoms in total. The Morgan fingerprint density at radius 2 is 2.20 bits per heavy atom. The SMILES string of the molecule is CCN(Cc1ccccn1)CC(/C(N)=N/O)C(F)(F)F. The predicted octanol–water partition coefficient (Wildman–Crippen LogP) is 1.83. The molecule has 0 saturated carbocycles. The number of aromatic nitrogens is 1. The number of nitrogens with two attached hydrogens (primary N) is 1. The monoisotopic (exact) mass is 290 g/mol. The molecule has 0 aliphatic carbocycles. The van der Waals surface area contributed by atoms with Gasteiger partial charge in [-0.25, -0.2) is 0 Å². The highest BCUT2D eigenvalue weighted by Gasteiger charge is 2.43. The van der Waals surface area contributed by atoms with E-state index in [0.29, 0.717) is 12.2 Å². The van der Waals surface area contributed by atoms with Gasteiger partial charge in [-0.1, -0.05) is 18.1 Å². The molecule has 1 rings (SSSR count). The first kappa shape index (κ1) is 16.2. The van der Waals surface area contributed by atoms with Gasteiger partial charge in [-0.05, 0) is 18.7 Å². The first-order valence-corrected chi connectivity index (χ1v) is 6.04. The fourth-order valence-corrected chi connectivity index (χ4v) is 1.72. The molecule has 112 valence electrons. The van der Waals surface area contributed by atoms with Crippen molar-refractivity contribution in [3.8, 4) is 0 Å². The van der Waals surface area contributed by atoms with Crippen LogP contribution in [0.15, 0.2) is 29.6 Å². The van der Waals surface area contributed by atoms with E-state index in [1.54, 1.807) is 36.2 Å².